The number of hydrogen-bond donors (Lipinski definition) is 1. The molecular weight excluding hydrogens is 272 g/mol. The van der Waals surface area contributed by atoms with Crippen molar-refractivity contribution < 1.29 is 9.84 Å². The van der Waals surface area contributed by atoms with Crippen molar-refractivity contribution in [1.29, 1.82) is 0 Å². The van der Waals surface area contributed by atoms with Gasteiger partial charge in [-0.2, -0.15) is 0 Å². The summed E-state index contributed by atoms with van der Waals surface area (Å²) >= 11 is 5.86. The first-order valence-electron chi connectivity index (χ1n) is 6.90. The first-order chi connectivity index (χ1) is 9.72. The van der Waals surface area contributed by atoms with Crippen molar-refractivity contribution >= 4 is 11.6 Å². The highest BCUT2D eigenvalue weighted by Crippen LogP contribution is 2.32. The average molecular weight is 289 g/mol. The molecule has 0 unspecified atom stereocenters. The van der Waals surface area contributed by atoms with E-state index in [1.54, 1.807) is 0 Å². The number of aliphatic hydroxyl groups excluding tert-OH is 1. The predicted octanol–water partition coefficient (Wildman–Crippen LogP) is 4.29. The lowest BCUT2D eigenvalue weighted by molar-refractivity contribution is 0.156. The van der Waals surface area contributed by atoms with Crippen LogP contribution in [0.2, 0.25) is 5.02 Å². The normalized spacial score (nSPS) is 17.6. The summed E-state index contributed by atoms with van der Waals surface area (Å²) in [6.07, 6.45) is 2.59. The first-order valence-corrected chi connectivity index (χ1v) is 7.28. The molecule has 2 aromatic carbocycles. The number of benzene rings is 2. The molecule has 0 fully saturated rings. The number of halogens is 1. The maximum Gasteiger partial charge on any atom is 0.120 e. The number of ether oxygens (including phenoxy) is 1. The van der Waals surface area contributed by atoms with Crippen LogP contribution in [0.15, 0.2) is 42.5 Å². The van der Waals surface area contributed by atoms with Crippen molar-refractivity contribution in [3.63, 3.8) is 0 Å². The summed E-state index contributed by atoms with van der Waals surface area (Å²) in [7, 11) is 0. The molecule has 0 spiro atoms. The van der Waals surface area contributed by atoms with Crippen LogP contribution in [-0.2, 0) is 13.0 Å². The number of rotatable bonds is 3. The summed E-state index contributed by atoms with van der Waals surface area (Å²) in [6, 6.07) is 13.6. The Kier molecular flexibility index (Phi) is 3.95. The monoisotopic (exact) mass is 288 g/mol. The zero-order chi connectivity index (χ0) is 13.9. The summed E-state index contributed by atoms with van der Waals surface area (Å²) < 4.78 is 5.79. The molecule has 0 aromatic heterocycles. The van der Waals surface area contributed by atoms with E-state index >= 15 is 0 Å². The second-order valence-electron chi connectivity index (χ2n) is 5.18. The van der Waals surface area contributed by atoms with Crippen LogP contribution in [0.3, 0.4) is 0 Å². The molecule has 20 heavy (non-hydrogen) atoms. The fourth-order valence-corrected chi connectivity index (χ4v) is 2.72. The quantitative estimate of drug-likeness (QED) is 0.913. The summed E-state index contributed by atoms with van der Waals surface area (Å²) in [5, 5.41) is 10.8. The van der Waals surface area contributed by atoms with Crippen molar-refractivity contribution in [3.05, 3.63) is 64.2 Å². The van der Waals surface area contributed by atoms with Crippen LogP contribution >= 0.6 is 11.6 Å². The molecule has 3 heteroatoms. The third kappa shape index (κ3) is 2.97. The fourth-order valence-electron chi connectivity index (χ4n) is 2.59. The largest absolute Gasteiger partial charge is 0.489 e. The minimum absolute atomic E-state index is 0.349. The van der Waals surface area contributed by atoms with Gasteiger partial charge in [0.1, 0.15) is 12.4 Å². The number of hydrogen-bond acceptors (Lipinski definition) is 2. The van der Waals surface area contributed by atoms with Crippen LogP contribution < -0.4 is 4.74 Å². The lowest BCUT2D eigenvalue weighted by Gasteiger charge is -2.22. The van der Waals surface area contributed by atoms with E-state index in [4.69, 9.17) is 16.3 Å². The molecule has 0 amide bonds. The number of aliphatic hydroxyl groups is 1. The topological polar surface area (TPSA) is 29.5 Å². The summed E-state index contributed by atoms with van der Waals surface area (Å²) in [6.45, 7) is 0.506. The Hall–Kier alpha value is -1.51. The van der Waals surface area contributed by atoms with Crippen LogP contribution in [0.5, 0.6) is 5.75 Å². The molecule has 2 nitrogen and oxygen atoms in total. The van der Waals surface area contributed by atoms with Gasteiger partial charge in [-0.05, 0) is 60.2 Å². The van der Waals surface area contributed by atoms with E-state index in [2.05, 4.69) is 6.07 Å². The van der Waals surface area contributed by atoms with E-state index in [-0.39, 0.29) is 6.10 Å². The van der Waals surface area contributed by atoms with Gasteiger partial charge in [-0.25, -0.2) is 0 Å². The molecule has 104 valence electrons. The molecule has 0 saturated heterocycles. The lowest BCUT2D eigenvalue weighted by atomic mass is 9.89. The van der Waals surface area contributed by atoms with Gasteiger partial charge in [0.2, 0.25) is 0 Å². The van der Waals surface area contributed by atoms with E-state index in [1.165, 1.54) is 5.56 Å². The average Bonchev–Trinajstić information content (AvgIpc) is 2.47. The van der Waals surface area contributed by atoms with Gasteiger partial charge in [-0.1, -0.05) is 29.8 Å². The van der Waals surface area contributed by atoms with Crippen molar-refractivity contribution in [2.75, 3.05) is 0 Å². The molecule has 1 aliphatic carbocycles. The fraction of sp³-hybridized carbons (Fsp3) is 0.294. The standard InChI is InChI=1S/C17H17ClO2/c18-14-7-4-12(5-8-14)11-20-15-9-6-13-2-1-3-17(19)16(13)10-15/h4-10,17,19H,1-3,11H2/t17-/m1/s1. The molecular formula is C17H17ClO2. The molecule has 0 heterocycles. The highest BCUT2D eigenvalue weighted by molar-refractivity contribution is 6.30. The second-order valence-corrected chi connectivity index (χ2v) is 5.62. The van der Waals surface area contributed by atoms with E-state index in [1.807, 2.05) is 36.4 Å². The molecule has 0 radical (unpaired) electrons. The van der Waals surface area contributed by atoms with Crippen LogP contribution in [-0.4, -0.2) is 5.11 Å². The van der Waals surface area contributed by atoms with E-state index in [0.29, 0.717) is 6.61 Å². The van der Waals surface area contributed by atoms with Crippen LogP contribution in [0.25, 0.3) is 0 Å². The Bertz CT molecular complexity index is 592. The van der Waals surface area contributed by atoms with Crippen LogP contribution in [0, 0.1) is 0 Å². The Morgan fingerprint density at radius 1 is 1.15 bits per heavy atom. The van der Waals surface area contributed by atoms with Gasteiger partial charge in [0.15, 0.2) is 0 Å². The molecule has 1 atom stereocenters. The van der Waals surface area contributed by atoms with E-state index < -0.39 is 0 Å². The highest BCUT2D eigenvalue weighted by atomic mass is 35.5. The second kappa shape index (κ2) is 5.86. The Balaban J connectivity index is 1.72. The zero-order valence-corrected chi connectivity index (χ0v) is 11.9. The molecule has 1 N–H and O–H groups in total. The minimum Gasteiger partial charge on any atom is -0.489 e. The van der Waals surface area contributed by atoms with Crippen LogP contribution in [0.4, 0.5) is 0 Å². The molecule has 0 aliphatic heterocycles. The molecule has 0 bridgehead atoms. The van der Waals surface area contributed by atoms with Crippen molar-refractivity contribution in [2.24, 2.45) is 0 Å². The van der Waals surface area contributed by atoms with Crippen molar-refractivity contribution in [3.8, 4) is 5.75 Å². The Morgan fingerprint density at radius 3 is 2.75 bits per heavy atom. The van der Waals surface area contributed by atoms with Crippen molar-refractivity contribution in [2.45, 2.75) is 32.0 Å². The highest BCUT2D eigenvalue weighted by Gasteiger charge is 2.18. The van der Waals surface area contributed by atoms with Gasteiger partial charge in [0.05, 0.1) is 6.10 Å². The van der Waals surface area contributed by atoms with Gasteiger partial charge >= 0.3 is 0 Å². The molecule has 3 rings (SSSR count). The van der Waals surface area contributed by atoms with Crippen LogP contribution in [0.1, 0.15) is 35.6 Å². The van der Waals surface area contributed by atoms with Crippen molar-refractivity contribution in [1.82, 2.24) is 0 Å². The SMILES string of the molecule is O[C@@H]1CCCc2ccc(OCc3ccc(Cl)cc3)cc21. The van der Waals surface area contributed by atoms with Gasteiger partial charge in [0.25, 0.3) is 0 Å². The minimum atomic E-state index is -0.349. The predicted molar refractivity (Wildman–Crippen MR) is 80.1 cm³/mol. The van der Waals surface area contributed by atoms with Gasteiger partial charge in [0, 0.05) is 5.02 Å². The Morgan fingerprint density at radius 2 is 1.95 bits per heavy atom. The molecule has 2 aromatic rings. The van der Waals surface area contributed by atoms with Gasteiger partial charge in [-0.15, -0.1) is 0 Å². The summed E-state index contributed by atoms with van der Waals surface area (Å²) in [5.41, 5.74) is 3.33. The number of fused-ring (bicyclic) bond motifs is 1. The third-order valence-corrected chi connectivity index (χ3v) is 3.97. The van der Waals surface area contributed by atoms with E-state index in [0.717, 1.165) is 41.2 Å². The summed E-state index contributed by atoms with van der Waals surface area (Å²) in [5.74, 6) is 0.805. The van der Waals surface area contributed by atoms with E-state index in [9.17, 15) is 5.11 Å². The molecule has 1 aliphatic rings. The van der Waals surface area contributed by atoms with Gasteiger partial charge < -0.3 is 9.84 Å². The number of aryl methyl sites for hydroxylation is 1. The first kappa shape index (κ1) is 13.5. The lowest BCUT2D eigenvalue weighted by Crippen LogP contribution is -2.09. The maximum atomic E-state index is 10.0. The maximum absolute atomic E-state index is 10.0. The Labute approximate surface area is 124 Å². The zero-order valence-electron chi connectivity index (χ0n) is 11.2. The van der Waals surface area contributed by atoms with Gasteiger partial charge in [-0.3, -0.25) is 0 Å². The molecule has 0 saturated carbocycles. The third-order valence-electron chi connectivity index (χ3n) is 3.72. The summed E-state index contributed by atoms with van der Waals surface area (Å²) in [4.78, 5) is 0. The smallest absolute Gasteiger partial charge is 0.120 e.